The van der Waals surface area contributed by atoms with Crippen molar-refractivity contribution in [2.45, 2.75) is 21.1 Å². The van der Waals surface area contributed by atoms with Crippen molar-refractivity contribution < 1.29 is 27.4 Å². The second-order valence-electron chi connectivity index (χ2n) is 8.04. The van der Waals surface area contributed by atoms with E-state index in [4.69, 9.17) is 9.47 Å². The first kappa shape index (κ1) is 25.9. The molecule has 0 fully saturated rings. The maximum absolute atomic E-state index is 13.7. The van der Waals surface area contributed by atoms with Crippen molar-refractivity contribution in [2.75, 3.05) is 24.9 Å². The van der Waals surface area contributed by atoms with E-state index >= 15 is 0 Å². The molecule has 3 aromatic carbocycles. The lowest BCUT2D eigenvalue weighted by Gasteiger charge is -2.30. The van der Waals surface area contributed by atoms with Crippen LogP contribution in [0.4, 0.5) is 24.5 Å². The third-order valence-corrected chi connectivity index (χ3v) is 7.64. The van der Waals surface area contributed by atoms with Crippen molar-refractivity contribution in [2.24, 2.45) is 0 Å². The molecule has 0 unspecified atom stereocenters. The fraction of sp³-hybridized carbons (Fsp3) is 0.148. The van der Waals surface area contributed by atoms with Crippen molar-refractivity contribution >= 4 is 40.8 Å². The Morgan fingerprint density at radius 1 is 0.895 bits per heavy atom. The predicted molar refractivity (Wildman–Crippen MR) is 140 cm³/mol. The molecule has 0 aliphatic carbocycles. The number of rotatable bonds is 6. The Kier molecular flexibility index (Phi) is 7.22. The quantitative estimate of drug-likeness (QED) is 0.186. The van der Waals surface area contributed by atoms with Gasteiger partial charge >= 0.3 is 6.18 Å². The minimum Gasteiger partial charge on any atom is -0.493 e. The van der Waals surface area contributed by atoms with Gasteiger partial charge < -0.3 is 9.47 Å². The molecule has 1 amide bonds. The number of hydrogen-bond acceptors (Lipinski definition) is 7. The summed E-state index contributed by atoms with van der Waals surface area (Å²) in [5, 5.41) is -0.161. The number of ether oxygens (including phenoxy) is 2. The van der Waals surface area contributed by atoms with Crippen molar-refractivity contribution in [3.63, 3.8) is 0 Å². The van der Waals surface area contributed by atoms with Crippen LogP contribution in [0.15, 0.2) is 87.7 Å². The van der Waals surface area contributed by atoms with Gasteiger partial charge in [-0.1, -0.05) is 47.8 Å². The predicted octanol–water partition coefficient (Wildman–Crippen LogP) is 7.10. The third kappa shape index (κ3) is 5.16. The van der Waals surface area contributed by atoms with Crippen LogP contribution >= 0.6 is 23.5 Å². The zero-order valence-electron chi connectivity index (χ0n) is 20.2. The van der Waals surface area contributed by atoms with Gasteiger partial charge in [-0.3, -0.25) is 9.69 Å². The number of hydrogen-bond donors (Lipinski definition) is 0. The van der Waals surface area contributed by atoms with E-state index in [-0.39, 0.29) is 22.5 Å². The smallest absolute Gasteiger partial charge is 0.433 e. The van der Waals surface area contributed by atoms with Crippen LogP contribution in [0.1, 0.15) is 5.69 Å². The number of fused-ring (bicyclic) bond motifs is 2. The summed E-state index contributed by atoms with van der Waals surface area (Å²) >= 11 is 2.41. The Balaban J connectivity index is 1.47. The Hall–Kier alpha value is -3.70. The summed E-state index contributed by atoms with van der Waals surface area (Å²) in [5.41, 5.74) is 0.779. The fourth-order valence-electron chi connectivity index (χ4n) is 3.94. The number of halogens is 3. The molecule has 0 atom stereocenters. The number of para-hydroxylation sites is 2. The monoisotopic (exact) mass is 555 g/mol. The summed E-state index contributed by atoms with van der Waals surface area (Å²) in [6.07, 6.45) is -4.70. The second kappa shape index (κ2) is 10.6. The van der Waals surface area contributed by atoms with E-state index in [1.165, 1.54) is 14.2 Å². The maximum Gasteiger partial charge on any atom is 0.433 e. The van der Waals surface area contributed by atoms with Crippen LogP contribution in [-0.2, 0) is 11.0 Å². The number of methoxy groups -OCH3 is 2. The Bertz CT molecular complexity index is 1470. The van der Waals surface area contributed by atoms with Gasteiger partial charge in [0.15, 0.2) is 16.7 Å². The topological polar surface area (TPSA) is 64.5 Å². The Morgan fingerprint density at radius 2 is 1.53 bits per heavy atom. The zero-order valence-corrected chi connectivity index (χ0v) is 21.8. The summed E-state index contributed by atoms with van der Waals surface area (Å²) in [4.78, 5) is 24.9. The minimum atomic E-state index is -4.70. The number of aromatic nitrogens is 2. The van der Waals surface area contributed by atoms with E-state index in [1.807, 2.05) is 48.5 Å². The van der Waals surface area contributed by atoms with Crippen LogP contribution in [0.3, 0.4) is 0 Å². The van der Waals surface area contributed by atoms with Gasteiger partial charge in [-0.05, 0) is 48.5 Å². The van der Waals surface area contributed by atoms with E-state index in [1.54, 1.807) is 34.9 Å². The normalized spacial score (nSPS) is 12.5. The van der Waals surface area contributed by atoms with Gasteiger partial charge in [0.05, 0.1) is 37.0 Å². The largest absolute Gasteiger partial charge is 0.493 e. The molecular weight excluding hydrogens is 535 g/mol. The molecule has 1 aliphatic rings. The molecule has 0 spiro atoms. The van der Waals surface area contributed by atoms with Gasteiger partial charge in [-0.15, -0.1) is 0 Å². The van der Waals surface area contributed by atoms with E-state index < -0.39 is 11.9 Å². The van der Waals surface area contributed by atoms with Crippen LogP contribution in [-0.4, -0.2) is 35.8 Å². The number of alkyl halides is 3. The summed E-state index contributed by atoms with van der Waals surface area (Å²) in [5.74, 6) is 0.313. The van der Waals surface area contributed by atoms with Gasteiger partial charge in [0, 0.05) is 15.4 Å². The summed E-state index contributed by atoms with van der Waals surface area (Å²) < 4.78 is 51.7. The molecule has 1 aromatic heterocycles. The number of anilines is 2. The van der Waals surface area contributed by atoms with Crippen LogP contribution in [0.5, 0.6) is 11.5 Å². The highest BCUT2D eigenvalue weighted by molar-refractivity contribution is 8.00. The summed E-state index contributed by atoms with van der Waals surface area (Å²) in [6, 6.07) is 20.6. The highest BCUT2D eigenvalue weighted by atomic mass is 32.2. The highest BCUT2D eigenvalue weighted by Crippen LogP contribution is 2.48. The number of nitrogens with zero attached hydrogens (tertiary/aromatic N) is 3. The number of amides is 1. The van der Waals surface area contributed by atoms with Crippen LogP contribution in [0, 0.1) is 0 Å². The van der Waals surface area contributed by atoms with E-state index in [0.29, 0.717) is 17.1 Å². The molecule has 38 heavy (non-hydrogen) atoms. The molecular formula is C27H20F3N3O3S2. The molecule has 6 nitrogen and oxygen atoms in total. The Labute approximate surface area is 225 Å². The molecule has 4 aromatic rings. The molecule has 1 aliphatic heterocycles. The number of carbonyl (C=O) groups excluding carboxylic acids is 1. The maximum atomic E-state index is 13.7. The summed E-state index contributed by atoms with van der Waals surface area (Å²) in [7, 11) is 2.90. The first-order chi connectivity index (χ1) is 18.3. The molecule has 0 N–H and O–H groups in total. The molecule has 0 bridgehead atoms. The van der Waals surface area contributed by atoms with Gasteiger partial charge in [0.1, 0.15) is 5.69 Å². The van der Waals surface area contributed by atoms with Crippen LogP contribution in [0.25, 0.3) is 11.3 Å². The standard InChI is InChI=1S/C27H20F3N3O3S2/c1-35-20-12-11-16(13-21(20)36-2)17-14-24(27(28,29)30)32-26(31-17)37-15-25(34)33-18-7-3-5-9-22(18)38-23-10-6-4-8-19(23)33/h3-14H,15H2,1-2H3. The van der Waals surface area contributed by atoms with E-state index in [0.717, 1.165) is 39.0 Å². The lowest BCUT2D eigenvalue weighted by Crippen LogP contribution is -2.30. The SMILES string of the molecule is COc1ccc(-c2cc(C(F)(F)F)nc(SCC(=O)N3c4ccccc4Sc4ccccc43)n2)cc1OC. The molecule has 5 rings (SSSR count). The summed E-state index contributed by atoms with van der Waals surface area (Å²) in [6.45, 7) is 0. The molecule has 0 saturated carbocycles. The lowest BCUT2D eigenvalue weighted by molar-refractivity contribution is -0.141. The lowest BCUT2D eigenvalue weighted by atomic mass is 10.1. The van der Waals surface area contributed by atoms with Gasteiger partial charge in [0.25, 0.3) is 0 Å². The number of thioether (sulfide) groups is 1. The number of carbonyl (C=O) groups is 1. The first-order valence-corrected chi connectivity index (χ1v) is 13.1. The van der Waals surface area contributed by atoms with Crippen molar-refractivity contribution in [1.82, 2.24) is 9.97 Å². The average Bonchev–Trinajstić information content (AvgIpc) is 2.93. The van der Waals surface area contributed by atoms with E-state index in [2.05, 4.69) is 9.97 Å². The molecule has 2 heterocycles. The first-order valence-electron chi connectivity index (χ1n) is 11.3. The zero-order chi connectivity index (χ0) is 26.9. The minimum absolute atomic E-state index is 0.0493. The van der Waals surface area contributed by atoms with Gasteiger partial charge in [-0.2, -0.15) is 13.2 Å². The molecule has 0 radical (unpaired) electrons. The molecule has 194 valence electrons. The number of benzene rings is 3. The van der Waals surface area contributed by atoms with E-state index in [9.17, 15) is 18.0 Å². The second-order valence-corrected chi connectivity index (χ2v) is 10.1. The molecule has 0 saturated heterocycles. The van der Waals surface area contributed by atoms with Crippen molar-refractivity contribution in [3.05, 3.63) is 78.5 Å². The van der Waals surface area contributed by atoms with Gasteiger partial charge in [0.2, 0.25) is 5.91 Å². The fourth-order valence-corrected chi connectivity index (χ4v) is 5.71. The highest BCUT2D eigenvalue weighted by Gasteiger charge is 2.34. The van der Waals surface area contributed by atoms with Crippen molar-refractivity contribution in [1.29, 1.82) is 0 Å². The van der Waals surface area contributed by atoms with Crippen molar-refractivity contribution in [3.8, 4) is 22.8 Å². The Morgan fingerprint density at radius 3 is 2.13 bits per heavy atom. The third-order valence-electron chi connectivity index (χ3n) is 5.68. The van der Waals surface area contributed by atoms with Gasteiger partial charge in [-0.25, -0.2) is 9.97 Å². The van der Waals surface area contributed by atoms with Crippen LogP contribution in [0.2, 0.25) is 0 Å². The molecule has 11 heteroatoms. The average molecular weight is 556 g/mol. The van der Waals surface area contributed by atoms with Crippen LogP contribution < -0.4 is 14.4 Å².